The average Bonchev–Trinajstić information content (AvgIpc) is 3.61. The van der Waals surface area contributed by atoms with Gasteiger partial charge in [0.15, 0.2) is 5.89 Å². The summed E-state index contributed by atoms with van der Waals surface area (Å²) < 4.78 is 16.8. The third-order valence-electron chi connectivity index (χ3n) is 7.67. The zero-order valence-corrected chi connectivity index (χ0v) is 26.9. The predicted octanol–water partition coefficient (Wildman–Crippen LogP) is 6.58. The minimum Gasteiger partial charge on any atom is -0.493 e. The first-order valence-corrected chi connectivity index (χ1v) is 15.5. The summed E-state index contributed by atoms with van der Waals surface area (Å²) in [6, 6.07) is 17.3. The number of nitrogens with zero attached hydrogens (tertiary/aromatic N) is 5. The van der Waals surface area contributed by atoms with Gasteiger partial charge in [-0.3, -0.25) is 9.59 Å². The second kappa shape index (κ2) is 18.2. The lowest BCUT2D eigenvalue weighted by molar-refractivity contribution is -0.142. The molecular weight excluding hydrogens is 590 g/mol. The number of hydrogen-bond acceptors (Lipinski definition) is 8. The average molecular weight is 634 g/mol. The standard InChI is InChI=1S/C28H32N2O6.C6H11N3O/c1-3-34-28(33)30-17-22(24(18-30)27(31)32)15-21-9-11-23(12-10-21)35-14-13-25-19(2)36-26(29-25)16-20-7-5-4-6-8-20;1-3-4-6(5(2)10)8-9-7/h4-12,22,24H,3,13-18H2,1-2H3,(H,31,32);6H,3-4H2,1-2H3/t22-,24+;/m1./s1. The molecule has 0 spiro atoms. The molecule has 2 heterocycles. The molecule has 3 aromatic rings. The lowest BCUT2D eigenvalue weighted by Gasteiger charge is -2.16. The van der Waals surface area contributed by atoms with Gasteiger partial charge in [-0.05, 0) is 68.3 Å². The minimum atomic E-state index is -0.887. The number of hydrogen-bond donors (Lipinski definition) is 1. The van der Waals surface area contributed by atoms with Crippen molar-refractivity contribution in [2.75, 3.05) is 26.3 Å². The molecule has 1 aliphatic rings. The molecule has 4 rings (SSSR count). The topological polar surface area (TPSA) is 168 Å². The normalized spacial score (nSPS) is 16.0. The molecule has 0 bridgehead atoms. The fourth-order valence-electron chi connectivity index (χ4n) is 5.26. The molecule has 0 aliphatic carbocycles. The van der Waals surface area contributed by atoms with Crippen LogP contribution in [0.2, 0.25) is 0 Å². The zero-order chi connectivity index (χ0) is 33.5. The van der Waals surface area contributed by atoms with E-state index in [2.05, 4.69) is 27.1 Å². The second-order valence-electron chi connectivity index (χ2n) is 11.1. The van der Waals surface area contributed by atoms with Crippen LogP contribution in [0.3, 0.4) is 0 Å². The number of ether oxygens (including phenoxy) is 2. The lowest BCUT2D eigenvalue weighted by Crippen LogP contribution is -2.30. The molecule has 12 heteroatoms. The van der Waals surface area contributed by atoms with Crippen molar-refractivity contribution in [3.63, 3.8) is 0 Å². The number of carboxylic acid groups (broad SMARTS) is 1. The van der Waals surface area contributed by atoms with Gasteiger partial charge in [-0.2, -0.15) is 0 Å². The van der Waals surface area contributed by atoms with Gasteiger partial charge in [0.05, 0.1) is 30.9 Å². The van der Waals surface area contributed by atoms with Gasteiger partial charge in [0, 0.05) is 30.8 Å². The number of aromatic nitrogens is 1. The molecule has 1 N–H and O–H groups in total. The number of amides is 1. The van der Waals surface area contributed by atoms with Gasteiger partial charge < -0.3 is 23.9 Å². The zero-order valence-electron chi connectivity index (χ0n) is 26.9. The van der Waals surface area contributed by atoms with E-state index in [9.17, 15) is 19.5 Å². The van der Waals surface area contributed by atoms with Crippen molar-refractivity contribution in [1.82, 2.24) is 9.88 Å². The predicted molar refractivity (Wildman–Crippen MR) is 172 cm³/mol. The largest absolute Gasteiger partial charge is 0.493 e. The van der Waals surface area contributed by atoms with Crippen LogP contribution in [0.1, 0.15) is 62.1 Å². The van der Waals surface area contributed by atoms with Gasteiger partial charge in [0.25, 0.3) is 0 Å². The number of rotatable bonds is 14. The van der Waals surface area contributed by atoms with E-state index in [1.165, 1.54) is 11.8 Å². The molecule has 0 saturated carbocycles. The molecule has 1 fully saturated rings. The van der Waals surface area contributed by atoms with Gasteiger partial charge in [-0.25, -0.2) is 9.78 Å². The number of oxazole rings is 1. The minimum absolute atomic E-state index is 0.0559. The summed E-state index contributed by atoms with van der Waals surface area (Å²) in [5.41, 5.74) is 11.1. The SMILES string of the molecule is CCCC(N=[N+]=[N-])C(C)=O.CCOC(=O)N1C[C@@H](Cc2ccc(OCCc3nc(Cc4ccccc4)oc3C)cc2)[C@@H](C(=O)O)C1. The van der Waals surface area contributed by atoms with Crippen LogP contribution in [-0.2, 0) is 33.6 Å². The highest BCUT2D eigenvalue weighted by molar-refractivity contribution is 5.81. The Morgan fingerprint density at radius 1 is 1.11 bits per heavy atom. The highest BCUT2D eigenvalue weighted by Crippen LogP contribution is 2.28. The van der Waals surface area contributed by atoms with Crippen molar-refractivity contribution in [2.24, 2.45) is 17.0 Å². The molecule has 1 unspecified atom stereocenters. The lowest BCUT2D eigenvalue weighted by atomic mass is 9.90. The highest BCUT2D eigenvalue weighted by Gasteiger charge is 2.40. The molecule has 1 aliphatic heterocycles. The van der Waals surface area contributed by atoms with Crippen molar-refractivity contribution in [1.29, 1.82) is 0 Å². The molecule has 12 nitrogen and oxygen atoms in total. The van der Waals surface area contributed by atoms with E-state index in [0.29, 0.717) is 44.7 Å². The van der Waals surface area contributed by atoms with E-state index >= 15 is 0 Å². The molecule has 0 radical (unpaired) electrons. The van der Waals surface area contributed by atoms with Gasteiger partial charge >= 0.3 is 12.1 Å². The number of carboxylic acids is 1. The van der Waals surface area contributed by atoms with Crippen molar-refractivity contribution in [3.8, 4) is 5.75 Å². The van der Waals surface area contributed by atoms with E-state index in [1.54, 1.807) is 6.92 Å². The maximum Gasteiger partial charge on any atom is 0.409 e. The monoisotopic (exact) mass is 633 g/mol. The third kappa shape index (κ3) is 11.0. The number of ketones is 1. The van der Waals surface area contributed by atoms with Crippen LogP contribution < -0.4 is 4.74 Å². The van der Waals surface area contributed by atoms with E-state index in [1.807, 2.05) is 56.3 Å². The Labute approximate surface area is 269 Å². The number of benzene rings is 2. The smallest absolute Gasteiger partial charge is 0.409 e. The van der Waals surface area contributed by atoms with E-state index in [4.69, 9.17) is 19.4 Å². The first kappa shape index (κ1) is 35.6. The van der Waals surface area contributed by atoms with E-state index < -0.39 is 24.0 Å². The Morgan fingerprint density at radius 3 is 2.43 bits per heavy atom. The molecule has 246 valence electrons. The van der Waals surface area contributed by atoms with Gasteiger partial charge in [0.1, 0.15) is 17.3 Å². The van der Waals surface area contributed by atoms with Gasteiger partial charge in [0.2, 0.25) is 0 Å². The summed E-state index contributed by atoms with van der Waals surface area (Å²) in [6.45, 7) is 8.33. The first-order chi connectivity index (χ1) is 22.1. The van der Waals surface area contributed by atoms with Crippen LogP contribution in [0, 0.1) is 18.8 Å². The van der Waals surface area contributed by atoms with Crippen molar-refractivity contribution in [2.45, 2.75) is 65.8 Å². The van der Waals surface area contributed by atoms with Crippen molar-refractivity contribution in [3.05, 3.63) is 93.5 Å². The summed E-state index contributed by atoms with van der Waals surface area (Å²) in [6.07, 6.45) is 2.92. The van der Waals surface area contributed by atoms with Crippen molar-refractivity contribution >= 4 is 17.8 Å². The number of likely N-dealkylation sites (tertiary alicyclic amines) is 1. The summed E-state index contributed by atoms with van der Waals surface area (Å²) >= 11 is 0. The fourth-order valence-corrected chi connectivity index (χ4v) is 5.26. The molecule has 1 saturated heterocycles. The Kier molecular flexibility index (Phi) is 14.1. The van der Waals surface area contributed by atoms with E-state index in [0.717, 1.165) is 34.8 Å². The van der Waals surface area contributed by atoms with Gasteiger partial charge in [-0.1, -0.05) is 60.9 Å². The van der Waals surface area contributed by atoms with E-state index in [-0.39, 0.29) is 24.9 Å². The van der Waals surface area contributed by atoms with Crippen LogP contribution in [-0.4, -0.2) is 65.2 Å². The number of aliphatic carboxylic acids is 1. The van der Waals surface area contributed by atoms with Crippen LogP contribution >= 0.6 is 0 Å². The molecular formula is C34H43N5O7. The molecule has 1 aromatic heterocycles. The first-order valence-electron chi connectivity index (χ1n) is 15.5. The number of carbonyl (C=O) groups is 3. The Morgan fingerprint density at radius 2 is 1.83 bits per heavy atom. The summed E-state index contributed by atoms with van der Waals surface area (Å²) in [4.78, 5) is 43.1. The van der Waals surface area contributed by atoms with Crippen LogP contribution in [0.25, 0.3) is 10.4 Å². The number of carbonyl (C=O) groups excluding carboxylic acids is 2. The Balaban J connectivity index is 0.000000498. The maximum atomic E-state index is 12.0. The Bertz CT molecular complexity index is 1470. The maximum absolute atomic E-state index is 12.0. The van der Waals surface area contributed by atoms with Gasteiger partial charge in [-0.15, -0.1) is 0 Å². The third-order valence-corrected chi connectivity index (χ3v) is 7.67. The molecule has 46 heavy (non-hydrogen) atoms. The molecule has 2 aromatic carbocycles. The summed E-state index contributed by atoms with van der Waals surface area (Å²) in [5.74, 6) is 0.523. The van der Waals surface area contributed by atoms with Crippen LogP contribution in [0.5, 0.6) is 5.75 Å². The Hall–Kier alpha value is -4.83. The summed E-state index contributed by atoms with van der Waals surface area (Å²) in [7, 11) is 0. The quantitative estimate of drug-likeness (QED) is 0.118. The van der Waals surface area contributed by atoms with Crippen LogP contribution in [0.4, 0.5) is 4.79 Å². The fraction of sp³-hybridized carbons (Fsp3) is 0.471. The number of azide groups is 1. The molecule has 1 amide bonds. The number of aryl methyl sites for hydroxylation is 1. The second-order valence-corrected chi connectivity index (χ2v) is 11.1. The molecule has 3 atom stereocenters. The van der Waals surface area contributed by atoms with Crippen molar-refractivity contribution < 1.29 is 33.4 Å². The highest BCUT2D eigenvalue weighted by atomic mass is 16.6. The summed E-state index contributed by atoms with van der Waals surface area (Å²) in [5, 5.41) is 13.0. The van der Waals surface area contributed by atoms with Crippen LogP contribution in [0.15, 0.2) is 64.1 Å². The number of Topliss-reactive ketones (excluding diaryl/α,β-unsaturated/α-hetero) is 1.